The molecule has 2 atom stereocenters. The summed E-state index contributed by atoms with van der Waals surface area (Å²) in [5.74, 6) is 0.760. The summed E-state index contributed by atoms with van der Waals surface area (Å²) in [6.45, 7) is 8.42. The third-order valence-corrected chi connectivity index (χ3v) is 3.99. The highest BCUT2D eigenvalue weighted by Crippen LogP contribution is 2.34. The summed E-state index contributed by atoms with van der Waals surface area (Å²) in [4.78, 5) is 2.44. The highest BCUT2D eigenvalue weighted by Gasteiger charge is 2.27. The molecule has 0 radical (unpaired) electrons. The maximum atomic E-state index is 9.70. The Bertz CT molecular complexity index is 396. The van der Waals surface area contributed by atoms with Crippen molar-refractivity contribution < 1.29 is 10.2 Å². The van der Waals surface area contributed by atoms with Gasteiger partial charge in [0.1, 0.15) is 11.5 Å². The van der Waals surface area contributed by atoms with Crippen LogP contribution in [0.25, 0.3) is 0 Å². The Hall–Kier alpha value is -1.26. The van der Waals surface area contributed by atoms with Crippen LogP contribution in [0.3, 0.4) is 0 Å². The van der Waals surface area contributed by atoms with Crippen molar-refractivity contribution in [2.45, 2.75) is 26.3 Å². The van der Waals surface area contributed by atoms with Gasteiger partial charge in [0.25, 0.3) is 0 Å². The smallest absolute Gasteiger partial charge is 0.119 e. The molecule has 1 heterocycles. The van der Waals surface area contributed by atoms with Crippen LogP contribution in [-0.2, 0) is 0 Å². The van der Waals surface area contributed by atoms with Crippen LogP contribution in [-0.4, -0.2) is 41.3 Å². The molecule has 0 aromatic heterocycles. The van der Waals surface area contributed by atoms with Crippen molar-refractivity contribution in [1.82, 2.24) is 10.2 Å². The second kappa shape index (κ2) is 6.26. The Morgan fingerprint density at radius 1 is 1.16 bits per heavy atom. The Kier molecular flexibility index (Phi) is 4.66. The van der Waals surface area contributed by atoms with Crippen LogP contribution in [0.1, 0.15) is 31.9 Å². The standard InChI is InChI=1S/C15H24N2O2/c1-3-11(2)15(17-6-4-16-5-7-17)12-8-13(18)10-14(19)9-12/h8-11,15-16,18-19H,3-7H2,1-2H3/t11?,15-/m0/s1. The zero-order valence-corrected chi connectivity index (χ0v) is 11.8. The van der Waals surface area contributed by atoms with E-state index in [0.29, 0.717) is 5.92 Å². The maximum absolute atomic E-state index is 9.70. The van der Waals surface area contributed by atoms with Gasteiger partial charge in [-0.15, -0.1) is 0 Å². The molecule has 2 rings (SSSR count). The quantitative estimate of drug-likeness (QED) is 0.779. The normalized spacial score (nSPS) is 20.1. The Balaban J connectivity index is 2.30. The van der Waals surface area contributed by atoms with Gasteiger partial charge >= 0.3 is 0 Å². The molecule has 4 nitrogen and oxygen atoms in total. The van der Waals surface area contributed by atoms with E-state index in [1.807, 2.05) is 0 Å². The zero-order chi connectivity index (χ0) is 13.8. The molecule has 1 aromatic carbocycles. The van der Waals surface area contributed by atoms with Gasteiger partial charge in [-0.25, -0.2) is 0 Å². The molecule has 0 saturated carbocycles. The average molecular weight is 264 g/mol. The summed E-state index contributed by atoms with van der Waals surface area (Å²) >= 11 is 0. The van der Waals surface area contributed by atoms with Crippen molar-refractivity contribution in [3.8, 4) is 11.5 Å². The molecule has 19 heavy (non-hydrogen) atoms. The van der Waals surface area contributed by atoms with Crippen molar-refractivity contribution >= 4 is 0 Å². The second-order valence-electron chi connectivity index (χ2n) is 5.40. The van der Waals surface area contributed by atoms with Crippen molar-refractivity contribution in [2.24, 2.45) is 5.92 Å². The number of phenols is 2. The third-order valence-electron chi connectivity index (χ3n) is 3.99. The fourth-order valence-electron chi connectivity index (χ4n) is 2.87. The van der Waals surface area contributed by atoms with Crippen LogP contribution < -0.4 is 5.32 Å². The molecule has 106 valence electrons. The second-order valence-corrected chi connectivity index (χ2v) is 5.40. The molecule has 3 N–H and O–H groups in total. The first-order valence-corrected chi connectivity index (χ1v) is 7.09. The van der Waals surface area contributed by atoms with Gasteiger partial charge in [-0.3, -0.25) is 4.90 Å². The van der Waals surface area contributed by atoms with E-state index in [4.69, 9.17) is 0 Å². The van der Waals surface area contributed by atoms with Crippen molar-refractivity contribution in [1.29, 1.82) is 0 Å². The lowest BCUT2D eigenvalue weighted by Crippen LogP contribution is -2.46. The van der Waals surface area contributed by atoms with Gasteiger partial charge in [0.05, 0.1) is 0 Å². The summed E-state index contributed by atoms with van der Waals surface area (Å²) in [5, 5.41) is 22.8. The highest BCUT2D eigenvalue weighted by molar-refractivity contribution is 5.38. The van der Waals surface area contributed by atoms with E-state index >= 15 is 0 Å². The number of benzene rings is 1. The topological polar surface area (TPSA) is 55.7 Å². The summed E-state index contributed by atoms with van der Waals surface area (Å²) in [6.07, 6.45) is 1.07. The Labute approximate surface area is 115 Å². The van der Waals surface area contributed by atoms with E-state index in [1.165, 1.54) is 6.07 Å². The van der Waals surface area contributed by atoms with Crippen LogP contribution in [0.4, 0.5) is 0 Å². The Morgan fingerprint density at radius 2 is 1.74 bits per heavy atom. The van der Waals surface area contributed by atoms with Crippen LogP contribution in [0.5, 0.6) is 11.5 Å². The monoisotopic (exact) mass is 264 g/mol. The van der Waals surface area contributed by atoms with E-state index in [9.17, 15) is 10.2 Å². The lowest BCUT2D eigenvalue weighted by molar-refractivity contribution is 0.128. The lowest BCUT2D eigenvalue weighted by Gasteiger charge is -2.38. The van der Waals surface area contributed by atoms with Crippen molar-refractivity contribution in [2.75, 3.05) is 26.2 Å². The molecule has 1 fully saturated rings. The van der Waals surface area contributed by atoms with Gasteiger partial charge in [-0.05, 0) is 23.6 Å². The van der Waals surface area contributed by atoms with E-state index in [2.05, 4.69) is 24.1 Å². The molecule has 1 aromatic rings. The van der Waals surface area contributed by atoms with Crippen molar-refractivity contribution in [3.63, 3.8) is 0 Å². The minimum absolute atomic E-state index is 0.137. The number of nitrogens with zero attached hydrogens (tertiary/aromatic N) is 1. The number of phenolic OH excluding ortho intramolecular Hbond substituents is 2. The SMILES string of the molecule is CCC(C)[C@@H](c1cc(O)cc(O)c1)N1CCNCC1. The molecule has 1 saturated heterocycles. The van der Waals surface area contributed by atoms with E-state index in [1.54, 1.807) is 12.1 Å². The maximum Gasteiger partial charge on any atom is 0.119 e. The number of hydrogen-bond acceptors (Lipinski definition) is 4. The number of hydrogen-bond donors (Lipinski definition) is 3. The van der Waals surface area contributed by atoms with E-state index < -0.39 is 0 Å². The van der Waals surface area contributed by atoms with Crippen LogP contribution in [0.15, 0.2) is 18.2 Å². The van der Waals surface area contributed by atoms with Crippen molar-refractivity contribution in [3.05, 3.63) is 23.8 Å². The molecule has 0 bridgehead atoms. The molecule has 0 spiro atoms. The number of piperazine rings is 1. The lowest BCUT2D eigenvalue weighted by atomic mass is 9.90. The summed E-state index contributed by atoms with van der Waals surface area (Å²) < 4.78 is 0. The average Bonchev–Trinajstić information content (AvgIpc) is 2.39. The van der Waals surface area contributed by atoms with Gasteiger partial charge in [0.2, 0.25) is 0 Å². The number of nitrogens with one attached hydrogen (secondary N) is 1. The third kappa shape index (κ3) is 3.39. The van der Waals surface area contributed by atoms with Crippen LogP contribution in [0.2, 0.25) is 0 Å². The fourth-order valence-corrected chi connectivity index (χ4v) is 2.87. The fraction of sp³-hybridized carbons (Fsp3) is 0.600. The number of aromatic hydroxyl groups is 2. The molecule has 1 aliphatic heterocycles. The molecule has 0 amide bonds. The van der Waals surface area contributed by atoms with E-state index in [0.717, 1.165) is 38.2 Å². The zero-order valence-electron chi connectivity index (χ0n) is 11.8. The summed E-state index contributed by atoms with van der Waals surface area (Å²) in [5.41, 5.74) is 1.01. The molecule has 1 unspecified atom stereocenters. The summed E-state index contributed by atoms with van der Waals surface area (Å²) in [6, 6.07) is 5.19. The minimum Gasteiger partial charge on any atom is -0.508 e. The molecular formula is C15H24N2O2. The highest BCUT2D eigenvalue weighted by atomic mass is 16.3. The first-order chi connectivity index (χ1) is 9.11. The largest absolute Gasteiger partial charge is 0.508 e. The van der Waals surface area contributed by atoms with Gasteiger partial charge in [0, 0.05) is 38.3 Å². The molecular weight excluding hydrogens is 240 g/mol. The minimum atomic E-state index is 0.137. The summed E-state index contributed by atoms with van der Waals surface area (Å²) in [7, 11) is 0. The predicted molar refractivity (Wildman–Crippen MR) is 76.4 cm³/mol. The van der Waals surface area contributed by atoms with Gasteiger partial charge in [0.15, 0.2) is 0 Å². The van der Waals surface area contributed by atoms with Gasteiger partial charge in [-0.1, -0.05) is 20.3 Å². The first kappa shape index (κ1) is 14.2. The molecule has 1 aliphatic rings. The Morgan fingerprint density at radius 3 is 2.26 bits per heavy atom. The predicted octanol–water partition coefficient (Wildman–Crippen LogP) is 2.09. The van der Waals surface area contributed by atoms with Crippen LogP contribution in [0, 0.1) is 5.92 Å². The van der Waals surface area contributed by atoms with Gasteiger partial charge in [-0.2, -0.15) is 0 Å². The molecule has 4 heteroatoms. The van der Waals surface area contributed by atoms with Gasteiger partial charge < -0.3 is 15.5 Å². The van der Waals surface area contributed by atoms with E-state index in [-0.39, 0.29) is 17.5 Å². The number of rotatable bonds is 4. The molecule has 0 aliphatic carbocycles. The van der Waals surface area contributed by atoms with Crippen LogP contribution >= 0.6 is 0 Å². The first-order valence-electron chi connectivity index (χ1n) is 7.09.